The molecule has 0 aliphatic carbocycles. The van der Waals surface area contributed by atoms with Gasteiger partial charge in [-0.2, -0.15) is 0 Å². The van der Waals surface area contributed by atoms with Gasteiger partial charge >= 0.3 is 0 Å². The summed E-state index contributed by atoms with van der Waals surface area (Å²) in [7, 11) is 0. The fourth-order valence-corrected chi connectivity index (χ4v) is 6.06. The minimum Gasteiger partial charge on any atom is -0.456 e. The van der Waals surface area contributed by atoms with E-state index in [9.17, 15) is 1.37 Å². The van der Waals surface area contributed by atoms with Gasteiger partial charge in [-0.25, -0.2) is 0 Å². The van der Waals surface area contributed by atoms with Crippen LogP contribution in [0.15, 0.2) is 162 Å². The summed E-state index contributed by atoms with van der Waals surface area (Å²) in [6, 6.07) is 26.9. The second-order valence-corrected chi connectivity index (χ2v) is 10.5. The summed E-state index contributed by atoms with van der Waals surface area (Å²) in [5.41, 5.74) is 6.15. The Balaban J connectivity index is 1.20. The third-order valence-electron chi connectivity index (χ3n) is 8.12. The van der Waals surface area contributed by atoms with E-state index in [0.717, 1.165) is 44.2 Å². The van der Waals surface area contributed by atoms with Crippen molar-refractivity contribution in [2.24, 2.45) is 0 Å². The molecule has 9 rings (SSSR count). The van der Waals surface area contributed by atoms with Gasteiger partial charge < -0.3 is 4.42 Å². The highest BCUT2D eigenvalue weighted by molar-refractivity contribution is 6.25. The first-order valence-electron chi connectivity index (χ1n) is 18.9. The molecule has 0 fully saturated rings. The van der Waals surface area contributed by atoms with Crippen LogP contribution >= 0.6 is 0 Å². The van der Waals surface area contributed by atoms with Crippen molar-refractivity contribution in [1.82, 2.24) is 0 Å². The van der Waals surface area contributed by atoms with Gasteiger partial charge in [0.2, 0.25) is 0 Å². The molecular formula is C42H26O. The number of para-hydroxylation sites is 1. The van der Waals surface area contributed by atoms with E-state index < -0.39 is 36.3 Å². The molecule has 1 heteroatoms. The monoisotopic (exact) mass is 556 g/mol. The Hall–Kier alpha value is -5.66. The average molecular weight is 557 g/mol. The molecular weight excluding hydrogens is 520 g/mol. The van der Waals surface area contributed by atoms with Gasteiger partial charge in [-0.3, -0.25) is 0 Å². The highest BCUT2D eigenvalue weighted by Crippen LogP contribution is 2.39. The smallest absolute Gasteiger partial charge is 0.136 e. The molecule has 0 bridgehead atoms. The molecule has 43 heavy (non-hydrogen) atoms. The number of furan rings is 1. The van der Waals surface area contributed by atoms with Crippen LogP contribution in [0, 0.1) is 0 Å². The van der Waals surface area contributed by atoms with Crippen molar-refractivity contribution in [3.63, 3.8) is 0 Å². The second kappa shape index (κ2) is 9.44. The SMILES string of the molecule is [2H]c1cc2c3c([2H])c([2H])c([2H])c([2H])c3c3c([2H])c(-c4ccc(-c5ccc(-c6cccc7oc8ccccc8c67)cc5)cc4)c([2H])c([2H])c3c2c([2H])c1[2H]. The Morgan fingerprint density at radius 1 is 0.372 bits per heavy atom. The quantitative estimate of drug-likeness (QED) is 0.197. The molecule has 0 aliphatic rings. The molecule has 0 aliphatic heterocycles. The standard InChI is InChI=1S/C42H26O/c1-2-10-35-33(8-1)34-9-3-4-11-36(34)39-26-31(24-25-37(35)39)29-18-16-27(17-19-29)28-20-22-30(23-21-28)32-13-7-15-41-42(32)38-12-5-6-14-40(38)43-41/h1-26H/i1D,2D,3D,4D,9D,10D,11D,24D,25D,26D. The summed E-state index contributed by atoms with van der Waals surface area (Å²) in [6.07, 6.45) is 0. The fraction of sp³-hybridized carbons (Fsp3) is 0. The molecule has 200 valence electrons. The summed E-state index contributed by atoms with van der Waals surface area (Å²) >= 11 is 0. The summed E-state index contributed by atoms with van der Waals surface area (Å²) in [6.45, 7) is 0. The topological polar surface area (TPSA) is 13.1 Å². The lowest BCUT2D eigenvalue weighted by molar-refractivity contribution is 0.669. The van der Waals surface area contributed by atoms with Crippen molar-refractivity contribution in [3.8, 4) is 33.4 Å². The normalized spacial score (nSPS) is 15.0. The number of fused-ring (bicyclic) bond motifs is 9. The minimum atomic E-state index is -0.523. The van der Waals surface area contributed by atoms with Gasteiger partial charge in [0.25, 0.3) is 0 Å². The van der Waals surface area contributed by atoms with Gasteiger partial charge in [-0.1, -0.05) is 139 Å². The van der Waals surface area contributed by atoms with E-state index >= 15 is 0 Å². The lowest BCUT2D eigenvalue weighted by atomic mass is 9.91. The van der Waals surface area contributed by atoms with Crippen LogP contribution in [0.5, 0.6) is 0 Å². The molecule has 0 atom stereocenters. The third kappa shape index (κ3) is 3.79. The van der Waals surface area contributed by atoms with E-state index in [-0.39, 0.29) is 62.1 Å². The van der Waals surface area contributed by atoms with Gasteiger partial charge in [0.05, 0.1) is 13.7 Å². The molecule has 0 unspecified atom stereocenters. The van der Waals surface area contributed by atoms with Crippen LogP contribution < -0.4 is 0 Å². The Morgan fingerprint density at radius 2 is 0.953 bits per heavy atom. The van der Waals surface area contributed by atoms with Crippen LogP contribution in [0.3, 0.4) is 0 Å². The number of hydrogen-bond donors (Lipinski definition) is 0. The van der Waals surface area contributed by atoms with Crippen molar-refractivity contribution in [1.29, 1.82) is 0 Å². The van der Waals surface area contributed by atoms with Crippen LogP contribution in [0.1, 0.15) is 13.7 Å². The maximum atomic E-state index is 9.44. The molecule has 0 amide bonds. The van der Waals surface area contributed by atoms with E-state index in [4.69, 9.17) is 16.8 Å². The number of hydrogen-bond acceptors (Lipinski definition) is 1. The van der Waals surface area contributed by atoms with Gasteiger partial charge in [-0.05, 0) is 83.9 Å². The van der Waals surface area contributed by atoms with Crippen molar-refractivity contribution < 1.29 is 18.1 Å². The van der Waals surface area contributed by atoms with Gasteiger partial charge in [0, 0.05) is 10.8 Å². The Morgan fingerprint density at radius 3 is 1.70 bits per heavy atom. The molecule has 1 aromatic heterocycles. The van der Waals surface area contributed by atoms with Gasteiger partial charge in [0.15, 0.2) is 0 Å². The first-order valence-corrected chi connectivity index (χ1v) is 13.9. The summed E-state index contributed by atoms with van der Waals surface area (Å²) in [5.74, 6) is 0. The molecule has 1 nitrogen and oxygen atoms in total. The molecule has 1 heterocycles. The van der Waals surface area contributed by atoms with Crippen LogP contribution in [0.4, 0.5) is 0 Å². The number of benzene rings is 8. The maximum absolute atomic E-state index is 9.44. The zero-order valence-corrected chi connectivity index (χ0v) is 22.6. The zero-order valence-electron chi connectivity index (χ0n) is 32.6. The Bertz CT molecular complexity index is 3010. The van der Waals surface area contributed by atoms with Crippen LogP contribution in [0.2, 0.25) is 0 Å². The molecule has 0 radical (unpaired) electrons. The molecule has 8 aromatic carbocycles. The predicted octanol–water partition coefficient (Wildman–Crippen LogP) is 12.0. The van der Waals surface area contributed by atoms with E-state index in [1.165, 1.54) is 6.07 Å². The fourth-order valence-electron chi connectivity index (χ4n) is 6.06. The molecule has 0 N–H and O–H groups in total. The second-order valence-electron chi connectivity index (χ2n) is 10.5. The van der Waals surface area contributed by atoms with Crippen molar-refractivity contribution in [2.75, 3.05) is 0 Å². The van der Waals surface area contributed by atoms with Crippen molar-refractivity contribution >= 4 is 54.3 Å². The van der Waals surface area contributed by atoms with E-state index in [1.54, 1.807) is 12.1 Å². The summed E-state index contributed by atoms with van der Waals surface area (Å²) in [4.78, 5) is 0. The largest absolute Gasteiger partial charge is 0.456 e. The lowest BCUT2D eigenvalue weighted by Crippen LogP contribution is -1.85. The number of rotatable bonds is 3. The third-order valence-corrected chi connectivity index (χ3v) is 8.12. The zero-order chi connectivity index (χ0) is 37.0. The van der Waals surface area contributed by atoms with E-state index in [2.05, 4.69) is 24.3 Å². The Labute approximate surface area is 263 Å². The molecule has 9 aromatic rings. The molecule has 0 spiro atoms. The molecule has 0 saturated carbocycles. The van der Waals surface area contributed by atoms with E-state index in [0.29, 0.717) is 5.56 Å². The first kappa shape index (κ1) is 16.1. The summed E-state index contributed by atoms with van der Waals surface area (Å²) < 4.78 is 93.6. The highest BCUT2D eigenvalue weighted by Gasteiger charge is 2.13. The van der Waals surface area contributed by atoms with Crippen LogP contribution in [0.25, 0.3) is 87.6 Å². The minimum absolute atomic E-state index is 0.00113. The van der Waals surface area contributed by atoms with E-state index in [1.807, 2.05) is 54.6 Å². The highest BCUT2D eigenvalue weighted by atomic mass is 16.3. The predicted molar refractivity (Wildman–Crippen MR) is 183 cm³/mol. The lowest BCUT2D eigenvalue weighted by Gasteiger charge is -2.12. The maximum Gasteiger partial charge on any atom is 0.136 e. The van der Waals surface area contributed by atoms with Gasteiger partial charge in [-0.15, -0.1) is 0 Å². The van der Waals surface area contributed by atoms with Crippen molar-refractivity contribution in [3.05, 3.63) is 157 Å². The van der Waals surface area contributed by atoms with Crippen molar-refractivity contribution in [2.45, 2.75) is 0 Å². The van der Waals surface area contributed by atoms with Crippen LogP contribution in [-0.4, -0.2) is 0 Å². The molecule has 0 saturated heterocycles. The Kier molecular flexibility index (Phi) is 3.53. The van der Waals surface area contributed by atoms with Crippen LogP contribution in [-0.2, 0) is 0 Å². The average Bonchev–Trinajstić information content (AvgIpc) is 3.56. The first-order chi connectivity index (χ1) is 25.5. The summed E-state index contributed by atoms with van der Waals surface area (Å²) in [5, 5.41) is 2.18. The van der Waals surface area contributed by atoms with Gasteiger partial charge in [0.1, 0.15) is 11.2 Å².